The second-order valence-electron chi connectivity index (χ2n) is 5.32. The molecule has 1 saturated heterocycles. The minimum Gasteiger partial charge on any atom is -0.391 e. The maximum Gasteiger partial charge on any atom is 0.110 e. The summed E-state index contributed by atoms with van der Waals surface area (Å²) in [5.74, 6) is 1.15. The predicted octanol–water partition coefficient (Wildman–Crippen LogP) is 0.875. The molecule has 3 rings (SSSR count). The average Bonchev–Trinajstić information content (AvgIpc) is 2.73. The Labute approximate surface area is 102 Å². The van der Waals surface area contributed by atoms with Crippen molar-refractivity contribution in [3.05, 3.63) is 17.7 Å². The number of hydrogen-bond donors (Lipinski definition) is 2. The summed E-state index contributed by atoms with van der Waals surface area (Å²) in [6.45, 7) is 1.87. The molecule has 2 aliphatic rings. The molecular weight excluding hydrogens is 214 g/mol. The van der Waals surface area contributed by atoms with Crippen LogP contribution in [0, 0.1) is 0 Å². The molecule has 0 spiro atoms. The average molecular weight is 235 g/mol. The second kappa shape index (κ2) is 4.78. The van der Waals surface area contributed by atoms with Crippen LogP contribution in [0.4, 0.5) is 0 Å². The number of nitrogens with zero attached hydrogens (tertiary/aromatic N) is 2. The van der Waals surface area contributed by atoms with Gasteiger partial charge in [-0.3, -0.25) is 0 Å². The summed E-state index contributed by atoms with van der Waals surface area (Å²) in [6, 6.07) is 0.578. The first-order chi connectivity index (χ1) is 8.33. The van der Waals surface area contributed by atoms with E-state index in [0.717, 1.165) is 38.2 Å². The zero-order valence-electron chi connectivity index (χ0n) is 10.2. The second-order valence-corrected chi connectivity index (χ2v) is 5.32. The number of imidazole rings is 1. The van der Waals surface area contributed by atoms with Gasteiger partial charge in [-0.25, -0.2) is 4.98 Å². The Bertz CT molecular complexity index is 382. The molecule has 3 heterocycles. The van der Waals surface area contributed by atoms with Crippen LogP contribution in [0.2, 0.25) is 0 Å². The highest BCUT2D eigenvalue weighted by atomic mass is 16.3. The van der Waals surface area contributed by atoms with Gasteiger partial charge in [0, 0.05) is 24.4 Å². The zero-order chi connectivity index (χ0) is 11.7. The molecule has 2 N–H and O–H groups in total. The fraction of sp³-hybridized carbons (Fsp3) is 0.769. The van der Waals surface area contributed by atoms with Gasteiger partial charge in [-0.15, -0.1) is 0 Å². The highest BCUT2D eigenvalue weighted by Crippen LogP contribution is 2.19. The molecule has 0 bridgehead atoms. The molecular formula is C13H21N3O. The van der Waals surface area contributed by atoms with Crippen LogP contribution in [0.3, 0.4) is 0 Å². The molecule has 0 aromatic carbocycles. The molecule has 1 aromatic rings. The van der Waals surface area contributed by atoms with Crippen LogP contribution in [0.25, 0.3) is 0 Å². The van der Waals surface area contributed by atoms with Gasteiger partial charge in [0.05, 0.1) is 12.6 Å². The van der Waals surface area contributed by atoms with Gasteiger partial charge in [0.15, 0.2) is 0 Å². The van der Waals surface area contributed by atoms with E-state index in [9.17, 15) is 5.11 Å². The number of aromatic nitrogens is 2. The lowest BCUT2D eigenvalue weighted by Gasteiger charge is -2.25. The number of aliphatic hydroxyl groups is 1. The summed E-state index contributed by atoms with van der Waals surface area (Å²) in [6.07, 6.45) is 8.54. The van der Waals surface area contributed by atoms with Crippen LogP contribution in [-0.4, -0.2) is 33.3 Å². The molecule has 1 aromatic heterocycles. The van der Waals surface area contributed by atoms with E-state index in [2.05, 4.69) is 14.9 Å². The first-order valence-corrected chi connectivity index (χ1v) is 6.77. The minimum atomic E-state index is -0.185. The lowest BCUT2D eigenvalue weighted by atomic mass is 10.0. The molecule has 0 radical (unpaired) electrons. The van der Waals surface area contributed by atoms with Crippen LogP contribution in [0.5, 0.6) is 0 Å². The summed E-state index contributed by atoms with van der Waals surface area (Å²) in [5.41, 5.74) is 1.29. The van der Waals surface area contributed by atoms with Gasteiger partial charge < -0.3 is 15.0 Å². The van der Waals surface area contributed by atoms with Crippen molar-refractivity contribution in [3.63, 3.8) is 0 Å². The minimum absolute atomic E-state index is 0.185. The third kappa shape index (κ3) is 2.38. The molecule has 1 fully saturated rings. The Kier molecular flexibility index (Phi) is 3.16. The Morgan fingerprint density at radius 2 is 2.35 bits per heavy atom. The van der Waals surface area contributed by atoms with Gasteiger partial charge in [-0.1, -0.05) is 6.42 Å². The molecule has 17 heavy (non-hydrogen) atoms. The number of aliphatic hydroxyl groups excluding tert-OH is 1. The van der Waals surface area contributed by atoms with Crippen LogP contribution in [0.1, 0.15) is 37.2 Å². The van der Waals surface area contributed by atoms with E-state index < -0.39 is 0 Å². The van der Waals surface area contributed by atoms with Crippen molar-refractivity contribution in [1.29, 1.82) is 0 Å². The van der Waals surface area contributed by atoms with Crippen molar-refractivity contribution in [1.82, 2.24) is 14.9 Å². The van der Waals surface area contributed by atoms with E-state index in [0.29, 0.717) is 6.04 Å². The lowest BCUT2D eigenvalue weighted by Crippen LogP contribution is -2.37. The molecule has 2 aliphatic heterocycles. The van der Waals surface area contributed by atoms with Crippen molar-refractivity contribution in [2.45, 2.75) is 57.2 Å². The van der Waals surface area contributed by atoms with Crippen molar-refractivity contribution >= 4 is 0 Å². The Morgan fingerprint density at radius 3 is 3.18 bits per heavy atom. The largest absolute Gasteiger partial charge is 0.391 e. The number of piperidine rings is 1. The van der Waals surface area contributed by atoms with E-state index >= 15 is 0 Å². The smallest absolute Gasteiger partial charge is 0.110 e. The van der Waals surface area contributed by atoms with Gasteiger partial charge in [0.25, 0.3) is 0 Å². The maximum atomic E-state index is 9.74. The highest BCUT2D eigenvalue weighted by Gasteiger charge is 2.22. The van der Waals surface area contributed by atoms with Crippen LogP contribution >= 0.6 is 0 Å². The first kappa shape index (κ1) is 11.2. The Morgan fingerprint density at radius 1 is 1.41 bits per heavy atom. The van der Waals surface area contributed by atoms with Crippen LogP contribution in [0.15, 0.2) is 6.20 Å². The third-order valence-corrected chi connectivity index (χ3v) is 3.99. The van der Waals surface area contributed by atoms with Crippen molar-refractivity contribution < 1.29 is 5.11 Å². The van der Waals surface area contributed by atoms with Crippen LogP contribution < -0.4 is 5.32 Å². The predicted molar refractivity (Wildman–Crippen MR) is 65.9 cm³/mol. The number of aryl methyl sites for hydroxylation is 1. The normalized spacial score (nSPS) is 29.0. The maximum absolute atomic E-state index is 9.74. The molecule has 4 heteroatoms. The Balaban J connectivity index is 1.72. The topological polar surface area (TPSA) is 50.1 Å². The zero-order valence-corrected chi connectivity index (χ0v) is 10.2. The van der Waals surface area contributed by atoms with Crippen LogP contribution in [-0.2, 0) is 19.4 Å². The van der Waals surface area contributed by atoms with E-state index in [1.807, 2.05) is 6.20 Å². The van der Waals surface area contributed by atoms with E-state index in [-0.39, 0.29) is 6.10 Å². The SMILES string of the molecule is OC1CCc2cnc(CC3CCCCN3)n2C1. The summed E-state index contributed by atoms with van der Waals surface area (Å²) >= 11 is 0. The molecule has 0 saturated carbocycles. The van der Waals surface area contributed by atoms with Gasteiger partial charge in [-0.05, 0) is 32.2 Å². The van der Waals surface area contributed by atoms with Crippen molar-refractivity contribution in [3.8, 4) is 0 Å². The fourth-order valence-electron chi connectivity index (χ4n) is 2.97. The summed E-state index contributed by atoms with van der Waals surface area (Å²) in [7, 11) is 0. The standard InChI is InChI=1S/C13H21N3O/c17-12-5-4-11-8-15-13(16(11)9-12)7-10-3-1-2-6-14-10/h8,10,12,14,17H,1-7,9H2. The molecule has 2 atom stereocenters. The van der Waals surface area contributed by atoms with Gasteiger partial charge >= 0.3 is 0 Å². The number of nitrogens with one attached hydrogen (secondary N) is 1. The summed E-state index contributed by atoms with van der Waals surface area (Å²) in [4.78, 5) is 4.54. The molecule has 0 amide bonds. The Hall–Kier alpha value is -0.870. The summed E-state index contributed by atoms with van der Waals surface area (Å²) in [5, 5.41) is 13.3. The van der Waals surface area contributed by atoms with Crippen molar-refractivity contribution in [2.75, 3.05) is 6.54 Å². The van der Waals surface area contributed by atoms with E-state index in [1.165, 1.54) is 25.0 Å². The highest BCUT2D eigenvalue weighted by molar-refractivity contribution is 5.10. The fourth-order valence-corrected chi connectivity index (χ4v) is 2.97. The molecule has 2 unspecified atom stereocenters. The first-order valence-electron chi connectivity index (χ1n) is 6.77. The summed E-state index contributed by atoms with van der Waals surface area (Å²) < 4.78 is 2.23. The van der Waals surface area contributed by atoms with Crippen molar-refractivity contribution in [2.24, 2.45) is 0 Å². The van der Waals surface area contributed by atoms with E-state index in [1.54, 1.807) is 0 Å². The number of hydrogen-bond acceptors (Lipinski definition) is 3. The third-order valence-electron chi connectivity index (χ3n) is 3.99. The quantitative estimate of drug-likeness (QED) is 0.800. The lowest BCUT2D eigenvalue weighted by molar-refractivity contribution is 0.129. The van der Waals surface area contributed by atoms with Gasteiger partial charge in [0.1, 0.15) is 5.82 Å². The van der Waals surface area contributed by atoms with E-state index in [4.69, 9.17) is 0 Å². The molecule has 4 nitrogen and oxygen atoms in total. The molecule has 0 aliphatic carbocycles. The number of rotatable bonds is 2. The molecule has 94 valence electrons. The number of fused-ring (bicyclic) bond motifs is 1. The monoisotopic (exact) mass is 235 g/mol. The van der Waals surface area contributed by atoms with Gasteiger partial charge in [0.2, 0.25) is 0 Å². The van der Waals surface area contributed by atoms with Gasteiger partial charge in [-0.2, -0.15) is 0 Å².